The van der Waals surface area contributed by atoms with Gasteiger partial charge in [-0.2, -0.15) is 0 Å². The summed E-state index contributed by atoms with van der Waals surface area (Å²) in [6, 6.07) is 6.78. The van der Waals surface area contributed by atoms with E-state index in [2.05, 4.69) is 27.3 Å². The van der Waals surface area contributed by atoms with Crippen molar-refractivity contribution in [3.05, 3.63) is 42.5 Å². The van der Waals surface area contributed by atoms with Crippen LogP contribution in [0.4, 0.5) is 0 Å². The second-order valence-corrected chi connectivity index (χ2v) is 8.59. The smallest absolute Gasteiger partial charge is 0.188 e. The highest BCUT2D eigenvalue weighted by Crippen LogP contribution is 2.31. The highest BCUT2D eigenvalue weighted by atomic mass is 127. The summed E-state index contributed by atoms with van der Waals surface area (Å²) in [5, 5.41) is 9.40. The van der Waals surface area contributed by atoms with Crippen molar-refractivity contribution in [2.45, 2.75) is 13.8 Å². The summed E-state index contributed by atoms with van der Waals surface area (Å²) in [6.07, 6.45) is 0. The number of ether oxygens (including phenoxy) is 5. The molecular weight excluding hydrogens is 681 g/mol. The van der Waals surface area contributed by atoms with E-state index in [0.29, 0.717) is 28.9 Å². The summed E-state index contributed by atoms with van der Waals surface area (Å²) >= 11 is 9.11. The molecule has 0 spiro atoms. The van der Waals surface area contributed by atoms with Crippen molar-refractivity contribution < 1.29 is 38.4 Å². The summed E-state index contributed by atoms with van der Waals surface area (Å²) in [5.41, 5.74) is 0.784. The number of Topliss-reactive ketones (excluding diaryl/α,β-unsaturated/α-hetero) is 2. The molecule has 2 rings (SSSR count). The second kappa shape index (κ2) is 17.1. The molecule has 33 heavy (non-hydrogen) atoms. The Morgan fingerprint density at radius 3 is 1.67 bits per heavy atom. The SMILES string of the molecule is COCCl.COCOc1cc(I)c(OC)cc1C(C)=O.COc1cc(C(C)=O)c(O)cc1I. The van der Waals surface area contributed by atoms with Gasteiger partial charge in [-0.3, -0.25) is 9.59 Å². The molecule has 0 bridgehead atoms. The Bertz CT molecular complexity index is 920. The third-order valence-electron chi connectivity index (χ3n) is 3.72. The molecular formula is C22H27ClI2O8. The fraction of sp³-hybridized carbons (Fsp3) is 0.364. The average molecular weight is 709 g/mol. The molecule has 0 aromatic heterocycles. The largest absolute Gasteiger partial charge is 0.507 e. The van der Waals surface area contributed by atoms with Gasteiger partial charge in [0.25, 0.3) is 0 Å². The van der Waals surface area contributed by atoms with Crippen molar-refractivity contribution in [2.24, 2.45) is 0 Å². The van der Waals surface area contributed by atoms with Gasteiger partial charge >= 0.3 is 0 Å². The Morgan fingerprint density at radius 2 is 1.27 bits per heavy atom. The van der Waals surface area contributed by atoms with Crippen LogP contribution in [0.2, 0.25) is 0 Å². The Hall–Kier alpha value is -1.35. The lowest BCUT2D eigenvalue weighted by Gasteiger charge is -2.12. The van der Waals surface area contributed by atoms with Crippen molar-refractivity contribution in [1.29, 1.82) is 0 Å². The van der Waals surface area contributed by atoms with Gasteiger partial charge in [0.1, 0.15) is 29.1 Å². The number of phenolic OH excluding ortho intramolecular Hbond substituents is 1. The summed E-state index contributed by atoms with van der Waals surface area (Å²) in [6.45, 7) is 3.01. The lowest BCUT2D eigenvalue weighted by molar-refractivity contribution is 0.0502. The number of benzene rings is 2. The van der Waals surface area contributed by atoms with Gasteiger partial charge in [-0.25, -0.2) is 0 Å². The average Bonchev–Trinajstić information content (AvgIpc) is 2.77. The lowest BCUT2D eigenvalue weighted by atomic mass is 10.1. The van der Waals surface area contributed by atoms with Gasteiger partial charge in [0.15, 0.2) is 18.4 Å². The molecule has 0 aliphatic carbocycles. The number of hydrogen-bond acceptors (Lipinski definition) is 8. The molecule has 184 valence electrons. The number of methoxy groups -OCH3 is 4. The third kappa shape index (κ3) is 11.1. The first kappa shape index (κ1) is 31.6. The Morgan fingerprint density at radius 1 is 0.818 bits per heavy atom. The zero-order valence-corrected chi connectivity index (χ0v) is 24.2. The molecule has 2 aromatic carbocycles. The maximum absolute atomic E-state index is 11.4. The quantitative estimate of drug-likeness (QED) is 0.166. The molecule has 0 unspecified atom stereocenters. The van der Waals surface area contributed by atoms with Gasteiger partial charge in [-0.15, -0.1) is 0 Å². The molecule has 2 aromatic rings. The van der Waals surface area contributed by atoms with Crippen molar-refractivity contribution in [3.8, 4) is 23.0 Å². The van der Waals surface area contributed by atoms with E-state index in [0.717, 1.165) is 7.14 Å². The van der Waals surface area contributed by atoms with Crippen LogP contribution in [0.3, 0.4) is 0 Å². The summed E-state index contributed by atoms with van der Waals surface area (Å²) in [4.78, 5) is 22.5. The zero-order valence-electron chi connectivity index (χ0n) is 19.2. The molecule has 0 fully saturated rings. The predicted molar refractivity (Wildman–Crippen MR) is 143 cm³/mol. The van der Waals surface area contributed by atoms with E-state index < -0.39 is 0 Å². The fourth-order valence-electron chi connectivity index (χ4n) is 2.19. The van der Waals surface area contributed by atoms with Crippen LogP contribution in [0.1, 0.15) is 34.6 Å². The number of phenols is 1. The van der Waals surface area contributed by atoms with E-state index >= 15 is 0 Å². The first-order valence-corrected chi connectivity index (χ1v) is 11.9. The molecule has 8 nitrogen and oxygen atoms in total. The molecule has 11 heteroatoms. The van der Waals surface area contributed by atoms with E-state index in [9.17, 15) is 14.7 Å². The van der Waals surface area contributed by atoms with Crippen LogP contribution in [0.5, 0.6) is 23.0 Å². The van der Waals surface area contributed by atoms with Crippen molar-refractivity contribution in [3.63, 3.8) is 0 Å². The summed E-state index contributed by atoms with van der Waals surface area (Å²) < 4.78 is 26.3. The first-order valence-electron chi connectivity index (χ1n) is 9.20. The van der Waals surface area contributed by atoms with Crippen molar-refractivity contribution in [1.82, 2.24) is 0 Å². The molecule has 0 saturated heterocycles. The minimum absolute atomic E-state index is 0.00213. The summed E-state index contributed by atoms with van der Waals surface area (Å²) in [7, 11) is 6.17. The molecule has 1 N–H and O–H groups in total. The monoisotopic (exact) mass is 708 g/mol. The van der Waals surface area contributed by atoms with Crippen LogP contribution < -0.4 is 14.2 Å². The van der Waals surface area contributed by atoms with E-state index in [1.807, 2.05) is 22.6 Å². The van der Waals surface area contributed by atoms with E-state index in [-0.39, 0.29) is 29.7 Å². The standard InChI is InChI=1S/C11H13IO4.C9H9IO3.C2H5ClO/c1-7(13)8-4-11(15-3)9(12)5-10(8)16-6-14-2;1-5(11)6-3-9(13-2)7(10)4-8(6)12;1-4-2-3/h4-5H,6H2,1-3H3;3-4,12H,1-2H3;2H2,1H3. The maximum atomic E-state index is 11.4. The highest BCUT2D eigenvalue weighted by molar-refractivity contribution is 14.1. The van der Waals surface area contributed by atoms with E-state index in [1.165, 1.54) is 34.1 Å². The van der Waals surface area contributed by atoms with Crippen LogP contribution in [0, 0.1) is 7.14 Å². The van der Waals surface area contributed by atoms with Gasteiger partial charge in [0.05, 0.1) is 32.5 Å². The molecule has 0 radical (unpaired) electrons. The Kier molecular flexibility index (Phi) is 16.4. The van der Waals surface area contributed by atoms with E-state index in [4.69, 9.17) is 30.5 Å². The number of rotatable bonds is 8. The number of halogens is 3. The molecule has 0 aliphatic rings. The number of carbonyl (C=O) groups excluding carboxylic acids is 2. The first-order chi connectivity index (χ1) is 15.6. The van der Waals surface area contributed by atoms with Crippen molar-refractivity contribution in [2.75, 3.05) is 41.3 Å². The van der Waals surface area contributed by atoms with Gasteiger partial charge < -0.3 is 28.8 Å². The topological polar surface area (TPSA) is 101 Å². The lowest BCUT2D eigenvalue weighted by Crippen LogP contribution is -2.05. The van der Waals surface area contributed by atoms with Crippen LogP contribution in [0.15, 0.2) is 24.3 Å². The maximum Gasteiger partial charge on any atom is 0.188 e. The number of carbonyl (C=O) groups is 2. The minimum Gasteiger partial charge on any atom is -0.507 e. The zero-order chi connectivity index (χ0) is 25.6. The Balaban J connectivity index is 0.000000542. The van der Waals surface area contributed by atoms with Gasteiger partial charge in [-0.1, -0.05) is 11.6 Å². The number of ketones is 2. The Labute approximate surface area is 226 Å². The molecule has 0 atom stereocenters. The summed E-state index contributed by atoms with van der Waals surface area (Å²) in [5.74, 6) is 1.53. The van der Waals surface area contributed by atoms with Gasteiger partial charge in [0.2, 0.25) is 0 Å². The number of hydrogen-bond donors (Lipinski definition) is 1. The van der Waals surface area contributed by atoms with Crippen molar-refractivity contribution >= 4 is 68.3 Å². The number of aromatic hydroxyl groups is 1. The molecule has 0 aliphatic heterocycles. The van der Waals surface area contributed by atoms with Gasteiger partial charge in [0, 0.05) is 14.2 Å². The molecule has 0 saturated carbocycles. The van der Waals surface area contributed by atoms with Crippen LogP contribution in [0.25, 0.3) is 0 Å². The van der Waals surface area contributed by atoms with Gasteiger partial charge in [-0.05, 0) is 83.3 Å². The molecule has 0 amide bonds. The highest BCUT2D eigenvalue weighted by Gasteiger charge is 2.13. The minimum atomic E-state index is -0.174. The predicted octanol–water partition coefficient (Wildman–Crippen LogP) is 5.52. The molecule has 0 heterocycles. The van der Waals surface area contributed by atoms with Crippen LogP contribution in [-0.4, -0.2) is 58.0 Å². The van der Waals surface area contributed by atoms with Crippen LogP contribution >= 0.6 is 56.8 Å². The van der Waals surface area contributed by atoms with E-state index in [1.54, 1.807) is 32.4 Å². The van der Waals surface area contributed by atoms with Crippen LogP contribution in [-0.2, 0) is 9.47 Å². The number of alkyl halides is 1. The normalized spacial score (nSPS) is 9.61. The second-order valence-electron chi connectivity index (χ2n) is 6.05. The fourth-order valence-corrected chi connectivity index (χ4v) is 3.52. The third-order valence-corrected chi connectivity index (χ3v) is 5.63.